The number of allylic oxidation sites excluding steroid dienone is 1. The highest BCUT2D eigenvalue weighted by molar-refractivity contribution is 5.94. The first-order valence-electron chi connectivity index (χ1n) is 7.05. The normalized spacial score (nSPS) is 24.2. The predicted octanol–water partition coefficient (Wildman–Crippen LogP) is 2.51. The fraction of sp³-hybridized carbons (Fsp3) is 0.375. The van der Waals surface area contributed by atoms with E-state index in [-0.39, 0.29) is 12.0 Å². The molecule has 0 spiro atoms. The van der Waals surface area contributed by atoms with Gasteiger partial charge in [0.2, 0.25) is 0 Å². The molecular weight excluding hydrogens is 252 g/mol. The zero-order valence-corrected chi connectivity index (χ0v) is 11.5. The number of aromatic nitrogens is 1. The number of carbonyl (C=O) groups is 1. The zero-order chi connectivity index (χ0) is 13.9. The molecule has 1 aliphatic carbocycles. The van der Waals surface area contributed by atoms with Crippen LogP contribution in [0.2, 0.25) is 0 Å². The summed E-state index contributed by atoms with van der Waals surface area (Å²) in [5.74, 6) is 0.0893. The monoisotopic (exact) mass is 270 g/mol. The molecule has 0 radical (unpaired) electrons. The van der Waals surface area contributed by atoms with Gasteiger partial charge in [-0.2, -0.15) is 0 Å². The molecule has 1 aromatic rings. The number of nitrogens with one attached hydrogen (secondary N) is 1. The molecular formula is C16H18N2O2. The lowest BCUT2D eigenvalue weighted by Gasteiger charge is -2.31. The fourth-order valence-electron chi connectivity index (χ4n) is 3.03. The van der Waals surface area contributed by atoms with Gasteiger partial charge in [-0.1, -0.05) is 12.1 Å². The fourth-order valence-corrected chi connectivity index (χ4v) is 3.03. The maximum absolute atomic E-state index is 12.0. The van der Waals surface area contributed by atoms with Crippen molar-refractivity contribution in [2.24, 2.45) is 5.92 Å². The van der Waals surface area contributed by atoms with Crippen molar-refractivity contribution in [2.75, 3.05) is 6.61 Å². The molecule has 1 aliphatic heterocycles. The van der Waals surface area contributed by atoms with Crippen LogP contribution in [0.5, 0.6) is 0 Å². The molecule has 1 N–H and O–H groups in total. The lowest BCUT2D eigenvalue weighted by Crippen LogP contribution is -2.32. The Morgan fingerprint density at radius 3 is 3.20 bits per heavy atom. The first-order valence-corrected chi connectivity index (χ1v) is 7.05. The highest BCUT2D eigenvalue weighted by Crippen LogP contribution is 2.42. The van der Waals surface area contributed by atoms with Gasteiger partial charge < -0.3 is 10.1 Å². The van der Waals surface area contributed by atoms with Gasteiger partial charge in [0.15, 0.2) is 0 Å². The molecule has 2 unspecified atom stereocenters. The average Bonchev–Trinajstić information content (AvgIpc) is 2.96. The minimum absolute atomic E-state index is 0.190. The Labute approximate surface area is 118 Å². The molecule has 104 valence electrons. The molecule has 4 nitrogen and oxygen atoms in total. The van der Waals surface area contributed by atoms with Crippen LogP contribution in [0.4, 0.5) is 0 Å². The summed E-state index contributed by atoms with van der Waals surface area (Å²) in [4.78, 5) is 16.2. The standard InChI is InChI=1S/C16H18N2O2/c1-2-20-16(19)14-10-18-15(11-5-4-8-17-9-11)13-7-3-6-12(13)14/h4-6,8-10,13,15,18H,2-3,7H2,1H3. The summed E-state index contributed by atoms with van der Waals surface area (Å²) in [6.07, 6.45) is 9.68. The smallest absolute Gasteiger partial charge is 0.339 e. The molecule has 0 bridgehead atoms. The zero-order valence-electron chi connectivity index (χ0n) is 11.5. The van der Waals surface area contributed by atoms with Crippen molar-refractivity contribution in [3.05, 3.63) is 53.5 Å². The molecule has 3 rings (SSSR count). The highest BCUT2D eigenvalue weighted by Gasteiger charge is 2.36. The lowest BCUT2D eigenvalue weighted by molar-refractivity contribution is -0.138. The van der Waals surface area contributed by atoms with E-state index >= 15 is 0 Å². The minimum atomic E-state index is -0.234. The van der Waals surface area contributed by atoms with Crippen LogP contribution in [0.25, 0.3) is 0 Å². The second-order valence-corrected chi connectivity index (χ2v) is 5.05. The highest BCUT2D eigenvalue weighted by atomic mass is 16.5. The van der Waals surface area contributed by atoms with Gasteiger partial charge in [0.05, 0.1) is 18.2 Å². The van der Waals surface area contributed by atoms with Gasteiger partial charge in [0.1, 0.15) is 0 Å². The summed E-state index contributed by atoms with van der Waals surface area (Å²) >= 11 is 0. The van der Waals surface area contributed by atoms with Gasteiger partial charge >= 0.3 is 5.97 Å². The van der Waals surface area contributed by atoms with Gasteiger partial charge in [-0.05, 0) is 37.0 Å². The number of esters is 1. The minimum Gasteiger partial charge on any atom is -0.462 e. The molecule has 0 aromatic carbocycles. The first kappa shape index (κ1) is 12.9. The third kappa shape index (κ3) is 2.22. The van der Waals surface area contributed by atoms with Crippen LogP contribution in [-0.2, 0) is 9.53 Å². The Hall–Kier alpha value is -2.10. The number of pyridine rings is 1. The predicted molar refractivity (Wildman–Crippen MR) is 75.6 cm³/mol. The number of rotatable bonds is 3. The van der Waals surface area contributed by atoms with Crippen LogP contribution in [0.15, 0.2) is 47.9 Å². The van der Waals surface area contributed by atoms with E-state index in [0.29, 0.717) is 18.1 Å². The summed E-state index contributed by atoms with van der Waals surface area (Å²) in [5, 5.41) is 3.35. The Balaban J connectivity index is 1.90. The average molecular weight is 270 g/mol. The number of hydrogen-bond acceptors (Lipinski definition) is 4. The summed E-state index contributed by atoms with van der Waals surface area (Å²) < 4.78 is 5.13. The van der Waals surface area contributed by atoms with Crippen LogP contribution in [0, 0.1) is 5.92 Å². The van der Waals surface area contributed by atoms with Crippen molar-refractivity contribution in [1.29, 1.82) is 0 Å². The van der Waals surface area contributed by atoms with Gasteiger partial charge in [0, 0.05) is 24.5 Å². The number of hydrogen-bond donors (Lipinski definition) is 1. The molecule has 0 saturated heterocycles. The molecule has 1 aromatic heterocycles. The molecule has 0 fully saturated rings. The van der Waals surface area contributed by atoms with E-state index in [1.54, 1.807) is 12.4 Å². The van der Waals surface area contributed by atoms with Crippen molar-refractivity contribution in [2.45, 2.75) is 25.8 Å². The van der Waals surface area contributed by atoms with E-state index in [1.807, 2.05) is 19.2 Å². The van der Waals surface area contributed by atoms with Crippen molar-refractivity contribution in [1.82, 2.24) is 10.3 Å². The second-order valence-electron chi connectivity index (χ2n) is 5.05. The largest absolute Gasteiger partial charge is 0.462 e. The van der Waals surface area contributed by atoms with E-state index in [2.05, 4.69) is 22.4 Å². The summed E-state index contributed by atoms with van der Waals surface area (Å²) in [6.45, 7) is 2.23. The van der Waals surface area contributed by atoms with Crippen LogP contribution >= 0.6 is 0 Å². The molecule has 2 atom stereocenters. The van der Waals surface area contributed by atoms with Crippen molar-refractivity contribution in [3.63, 3.8) is 0 Å². The number of carbonyl (C=O) groups excluding carboxylic acids is 1. The molecule has 0 amide bonds. The van der Waals surface area contributed by atoms with E-state index in [0.717, 1.165) is 24.0 Å². The van der Waals surface area contributed by atoms with Crippen molar-refractivity contribution < 1.29 is 9.53 Å². The maximum atomic E-state index is 12.0. The van der Waals surface area contributed by atoms with E-state index in [9.17, 15) is 4.79 Å². The Kier molecular flexibility index (Phi) is 3.54. The van der Waals surface area contributed by atoms with Gasteiger partial charge in [-0.3, -0.25) is 4.98 Å². The first-order chi connectivity index (χ1) is 9.81. The third-order valence-corrected chi connectivity index (χ3v) is 3.90. The topological polar surface area (TPSA) is 51.2 Å². The lowest BCUT2D eigenvalue weighted by atomic mass is 9.83. The van der Waals surface area contributed by atoms with Gasteiger partial charge in [0.25, 0.3) is 0 Å². The molecule has 4 heteroatoms. The molecule has 20 heavy (non-hydrogen) atoms. The van der Waals surface area contributed by atoms with Crippen LogP contribution in [-0.4, -0.2) is 17.6 Å². The number of ether oxygens (including phenoxy) is 1. The summed E-state index contributed by atoms with van der Waals surface area (Å²) in [7, 11) is 0. The Morgan fingerprint density at radius 2 is 2.45 bits per heavy atom. The molecule has 0 saturated carbocycles. The number of nitrogens with zero attached hydrogens (tertiary/aromatic N) is 1. The van der Waals surface area contributed by atoms with Crippen molar-refractivity contribution in [3.8, 4) is 0 Å². The maximum Gasteiger partial charge on any atom is 0.339 e. The Bertz CT molecular complexity index is 563. The third-order valence-electron chi connectivity index (χ3n) is 3.90. The molecule has 2 aliphatic rings. The van der Waals surface area contributed by atoms with Gasteiger partial charge in [-0.25, -0.2) is 4.79 Å². The van der Waals surface area contributed by atoms with Crippen LogP contribution < -0.4 is 5.32 Å². The number of fused-ring (bicyclic) bond motifs is 1. The summed E-state index contributed by atoms with van der Waals surface area (Å²) in [6, 6.07) is 4.21. The summed E-state index contributed by atoms with van der Waals surface area (Å²) in [5.41, 5.74) is 2.95. The van der Waals surface area contributed by atoms with E-state index < -0.39 is 0 Å². The van der Waals surface area contributed by atoms with Crippen LogP contribution in [0.1, 0.15) is 31.4 Å². The molecule has 2 heterocycles. The SMILES string of the molecule is CCOC(=O)C1=CNC(c2cccnc2)C2CCC=C12. The van der Waals surface area contributed by atoms with Gasteiger partial charge in [-0.15, -0.1) is 0 Å². The Morgan fingerprint density at radius 1 is 1.55 bits per heavy atom. The quantitative estimate of drug-likeness (QED) is 0.857. The van der Waals surface area contributed by atoms with Crippen LogP contribution in [0.3, 0.4) is 0 Å². The van der Waals surface area contributed by atoms with Crippen molar-refractivity contribution >= 4 is 5.97 Å². The van der Waals surface area contributed by atoms with E-state index in [1.165, 1.54) is 0 Å². The van der Waals surface area contributed by atoms with E-state index in [4.69, 9.17) is 4.74 Å². The second kappa shape index (κ2) is 5.49.